The Morgan fingerprint density at radius 2 is 1.92 bits per heavy atom. The van der Waals surface area contributed by atoms with Crippen LogP contribution < -0.4 is 10.1 Å². The quantitative estimate of drug-likeness (QED) is 0.714. The second kappa shape index (κ2) is 6.72. The molecule has 0 aliphatic carbocycles. The van der Waals surface area contributed by atoms with E-state index in [0.717, 1.165) is 16.5 Å². The molecule has 26 heavy (non-hydrogen) atoms. The van der Waals surface area contributed by atoms with Crippen molar-refractivity contribution in [1.29, 1.82) is 0 Å². The SMILES string of the molecule is COc1ccccc1N=C1NC(=O)C(=Cc2cn(C)c3ccccc23)S1. The molecule has 0 radical (unpaired) electrons. The zero-order chi connectivity index (χ0) is 18.1. The minimum absolute atomic E-state index is 0.142. The lowest BCUT2D eigenvalue weighted by Crippen LogP contribution is -2.19. The molecule has 1 aliphatic rings. The maximum absolute atomic E-state index is 12.4. The number of hydrogen-bond donors (Lipinski definition) is 1. The van der Waals surface area contributed by atoms with E-state index in [2.05, 4.69) is 27.0 Å². The molecule has 2 aromatic carbocycles. The number of carbonyl (C=O) groups excluding carboxylic acids is 1. The van der Waals surface area contributed by atoms with Crippen LogP contribution in [0.25, 0.3) is 17.0 Å². The highest BCUT2D eigenvalue weighted by molar-refractivity contribution is 8.18. The second-order valence-electron chi connectivity index (χ2n) is 5.87. The van der Waals surface area contributed by atoms with Gasteiger partial charge in [-0.05, 0) is 36.0 Å². The molecule has 0 spiro atoms. The third kappa shape index (κ3) is 2.99. The lowest BCUT2D eigenvalue weighted by molar-refractivity contribution is -0.115. The summed E-state index contributed by atoms with van der Waals surface area (Å²) in [6, 6.07) is 15.6. The van der Waals surface area contributed by atoms with Gasteiger partial charge >= 0.3 is 0 Å². The fourth-order valence-corrected chi connectivity index (χ4v) is 3.77. The number of carbonyl (C=O) groups is 1. The van der Waals surface area contributed by atoms with Crippen LogP contribution in [0.5, 0.6) is 5.75 Å². The first kappa shape index (κ1) is 16.5. The summed E-state index contributed by atoms with van der Waals surface area (Å²) in [6.07, 6.45) is 3.94. The van der Waals surface area contributed by atoms with Crippen molar-refractivity contribution in [2.75, 3.05) is 7.11 Å². The molecule has 1 fully saturated rings. The van der Waals surface area contributed by atoms with Gasteiger partial charge in [-0.3, -0.25) is 4.79 Å². The lowest BCUT2D eigenvalue weighted by atomic mass is 10.1. The van der Waals surface area contributed by atoms with E-state index < -0.39 is 0 Å². The van der Waals surface area contributed by atoms with Crippen LogP contribution in [0.2, 0.25) is 0 Å². The first-order chi connectivity index (χ1) is 12.7. The molecule has 1 saturated heterocycles. The van der Waals surface area contributed by atoms with Gasteiger partial charge in [-0.2, -0.15) is 0 Å². The number of para-hydroxylation sites is 3. The number of aryl methyl sites for hydroxylation is 1. The maximum Gasteiger partial charge on any atom is 0.264 e. The fourth-order valence-electron chi connectivity index (χ4n) is 2.94. The summed E-state index contributed by atoms with van der Waals surface area (Å²) in [5.41, 5.74) is 2.83. The number of ether oxygens (including phenoxy) is 1. The first-order valence-electron chi connectivity index (χ1n) is 8.12. The number of aliphatic imine (C=N–C) groups is 1. The van der Waals surface area contributed by atoms with Crippen LogP contribution in [-0.2, 0) is 11.8 Å². The summed E-state index contributed by atoms with van der Waals surface area (Å²) in [5.74, 6) is 0.526. The molecule has 5 nitrogen and oxygen atoms in total. The summed E-state index contributed by atoms with van der Waals surface area (Å²) >= 11 is 1.33. The van der Waals surface area contributed by atoms with Crippen molar-refractivity contribution >= 4 is 45.5 Å². The van der Waals surface area contributed by atoms with Crippen LogP contribution >= 0.6 is 11.8 Å². The average molecular weight is 363 g/mol. The van der Waals surface area contributed by atoms with Crippen LogP contribution in [0.4, 0.5) is 5.69 Å². The normalized spacial score (nSPS) is 17.2. The van der Waals surface area contributed by atoms with Crippen molar-refractivity contribution in [3.8, 4) is 5.75 Å². The van der Waals surface area contributed by atoms with Gasteiger partial charge in [0.05, 0.1) is 12.0 Å². The maximum atomic E-state index is 12.4. The van der Waals surface area contributed by atoms with Crippen molar-refractivity contribution < 1.29 is 9.53 Å². The number of amidine groups is 1. The molecular weight excluding hydrogens is 346 g/mol. The molecule has 2 heterocycles. The van der Waals surface area contributed by atoms with Crippen molar-refractivity contribution in [1.82, 2.24) is 9.88 Å². The number of nitrogens with one attached hydrogen (secondary N) is 1. The minimum Gasteiger partial charge on any atom is -0.494 e. The number of amides is 1. The molecule has 0 bridgehead atoms. The molecule has 6 heteroatoms. The molecular formula is C20H17N3O2S. The number of methoxy groups -OCH3 is 1. The Labute approximate surface area is 155 Å². The predicted octanol–water partition coefficient (Wildman–Crippen LogP) is 4.08. The van der Waals surface area contributed by atoms with Gasteiger partial charge in [-0.15, -0.1) is 0 Å². The molecule has 4 rings (SSSR count). The molecule has 1 aromatic heterocycles. The molecule has 1 N–H and O–H groups in total. The van der Waals surface area contributed by atoms with Crippen molar-refractivity contribution in [2.24, 2.45) is 12.0 Å². The Hall–Kier alpha value is -2.99. The number of aromatic nitrogens is 1. The topological polar surface area (TPSA) is 55.6 Å². The Bertz CT molecular complexity index is 1070. The first-order valence-corrected chi connectivity index (χ1v) is 8.94. The van der Waals surface area contributed by atoms with Crippen molar-refractivity contribution in [2.45, 2.75) is 0 Å². The van der Waals surface area contributed by atoms with E-state index in [-0.39, 0.29) is 5.91 Å². The third-order valence-corrected chi connectivity index (χ3v) is 5.08. The Kier molecular flexibility index (Phi) is 4.26. The highest BCUT2D eigenvalue weighted by atomic mass is 32.2. The number of nitrogens with zero attached hydrogens (tertiary/aromatic N) is 2. The highest BCUT2D eigenvalue weighted by Gasteiger charge is 2.24. The monoisotopic (exact) mass is 363 g/mol. The van der Waals surface area contributed by atoms with Crippen LogP contribution in [0.15, 0.2) is 64.6 Å². The Balaban J connectivity index is 1.68. The summed E-state index contributed by atoms with van der Waals surface area (Å²) in [4.78, 5) is 17.5. The summed E-state index contributed by atoms with van der Waals surface area (Å²) in [5, 5.41) is 4.49. The van der Waals surface area contributed by atoms with E-state index in [1.807, 2.05) is 55.7 Å². The van der Waals surface area contributed by atoms with E-state index in [1.165, 1.54) is 11.8 Å². The molecule has 0 unspecified atom stereocenters. The lowest BCUT2D eigenvalue weighted by Gasteiger charge is -2.03. The summed E-state index contributed by atoms with van der Waals surface area (Å²) in [6.45, 7) is 0. The van der Waals surface area contributed by atoms with Crippen LogP contribution in [0, 0.1) is 0 Å². The standard InChI is InChI=1S/C20H17N3O2S/c1-23-12-13(14-7-3-5-9-16(14)23)11-18-19(24)22-20(26-18)21-15-8-4-6-10-17(15)25-2/h3-12H,1-2H3,(H,21,22,24). The van der Waals surface area contributed by atoms with Gasteiger partial charge in [0.15, 0.2) is 5.17 Å². The summed E-state index contributed by atoms with van der Waals surface area (Å²) in [7, 11) is 3.60. The molecule has 1 amide bonds. The zero-order valence-electron chi connectivity index (χ0n) is 14.4. The van der Waals surface area contributed by atoms with Crippen LogP contribution in [0.1, 0.15) is 5.56 Å². The van der Waals surface area contributed by atoms with Gasteiger partial charge in [0, 0.05) is 29.7 Å². The van der Waals surface area contributed by atoms with E-state index in [9.17, 15) is 4.79 Å². The minimum atomic E-state index is -0.142. The van der Waals surface area contributed by atoms with Gasteiger partial charge in [0.25, 0.3) is 5.91 Å². The smallest absolute Gasteiger partial charge is 0.264 e. The van der Waals surface area contributed by atoms with Gasteiger partial charge in [-0.1, -0.05) is 30.3 Å². The van der Waals surface area contributed by atoms with E-state index in [1.54, 1.807) is 7.11 Å². The number of rotatable bonds is 3. The Morgan fingerprint density at radius 1 is 1.15 bits per heavy atom. The molecule has 1 aliphatic heterocycles. The van der Waals surface area contributed by atoms with Gasteiger partial charge in [0.2, 0.25) is 0 Å². The number of benzene rings is 2. The van der Waals surface area contributed by atoms with Crippen molar-refractivity contribution in [3.63, 3.8) is 0 Å². The van der Waals surface area contributed by atoms with E-state index in [4.69, 9.17) is 4.74 Å². The van der Waals surface area contributed by atoms with Crippen molar-refractivity contribution in [3.05, 3.63) is 65.2 Å². The Morgan fingerprint density at radius 3 is 2.77 bits per heavy atom. The van der Waals surface area contributed by atoms with Gasteiger partial charge in [0.1, 0.15) is 11.4 Å². The second-order valence-corrected chi connectivity index (χ2v) is 6.90. The molecule has 130 valence electrons. The molecule has 3 aromatic rings. The largest absolute Gasteiger partial charge is 0.494 e. The van der Waals surface area contributed by atoms with Crippen LogP contribution in [-0.4, -0.2) is 22.8 Å². The highest BCUT2D eigenvalue weighted by Crippen LogP contribution is 2.33. The number of thioether (sulfide) groups is 1. The fraction of sp³-hybridized carbons (Fsp3) is 0.100. The summed E-state index contributed by atoms with van der Waals surface area (Å²) < 4.78 is 7.37. The molecule has 0 saturated carbocycles. The average Bonchev–Trinajstić information content (AvgIpc) is 3.16. The predicted molar refractivity (Wildman–Crippen MR) is 107 cm³/mol. The van der Waals surface area contributed by atoms with Crippen LogP contribution in [0.3, 0.4) is 0 Å². The number of fused-ring (bicyclic) bond motifs is 1. The van der Waals surface area contributed by atoms with E-state index >= 15 is 0 Å². The zero-order valence-corrected chi connectivity index (χ0v) is 15.2. The number of hydrogen-bond acceptors (Lipinski definition) is 4. The van der Waals surface area contributed by atoms with E-state index in [0.29, 0.717) is 21.5 Å². The third-order valence-electron chi connectivity index (χ3n) is 4.17. The van der Waals surface area contributed by atoms with Gasteiger partial charge < -0.3 is 14.6 Å². The van der Waals surface area contributed by atoms with Gasteiger partial charge in [-0.25, -0.2) is 4.99 Å². The molecule has 0 atom stereocenters.